The van der Waals surface area contributed by atoms with Gasteiger partial charge in [-0.05, 0) is 37.4 Å². The molecule has 8 heteroatoms. The van der Waals surface area contributed by atoms with Gasteiger partial charge in [0.05, 0.1) is 10.6 Å². The van der Waals surface area contributed by atoms with E-state index in [-0.39, 0.29) is 22.5 Å². The summed E-state index contributed by atoms with van der Waals surface area (Å²) in [4.78, 5) is 18.6. The van der Waals surface area contributed by atoms with Gasteiger partial charge in [-0.1, -0.05) is 13.8 Å². The second-order valence-electron chi connectivity index (χ2n) is 4.25. The number of hydrogen-bond donors (Lipinski definition) is 0. The van der Waals surface area contributed by atoms with Crippen LogP contribution < -0.4 is 0 Å². The molecule has 0 aliphatic rings. The maximum atomic E-state index is 11.2. The molecule has 0 amide bonds. The molecule has 0 aromatic carbocycles. The van der Waals surface area contributed by atoms with E-state index in [1.54, 1.807) is 0 Å². The first-order chi connectivity index (χ1) is 9.47. The van der Waals surface area contributed by atoms with Crippen molar-refractivity contribution in [3.8, 4) is 5.82 Å². The number of hydrogen-bond acceptors (Lipinski definition) is 5. The largest absolute Gasteiger partial charge is 0.334 e. The van der Waals surface area contributed by atoms with Gasteiger partial charge in [-0.2, -0.15) is 10.1 Å². The van der Waals surface area contributed by atoms with E-state index in [9.17, 15) is 10.1 Å². The van der Waals surface area contributed by atoms with Gasteiger partial charge in [0.1, 0.15) is 5.69 Å². The number of rotatable bonds is 4. The van der Waals surface area contributed by atoms with Crippen LogP contribution >= 0.6 is 11.6 Å². The van der Waals surface area contributed by atoms with Crippen LogP contribution in [0.4, 0.5) is 5.69 Å². The second kappa shape index (κ2) is 5.54. The summed E-state index contributed by atoms with van der Waals surface area (Å²) in [5.41, 5.74) is 1.75. The van der Waals surface area contributed by atoms with E-state index in [1.807, 2.05) is 19.9 Å². The van der Waals surface area contributed by atoms with Gasteiger partial charge in [0, 0.05) is 5.69 Å². The Morgan fingerprint density at radius 2 is 2.05 bits per heavy atom. The van der Waals surface area contributed by atoms with E-state index in [0.29, 0.717) is 6.42 Å². The Hall–Kier alpha value is -2.02. The van der Waals surface area contributed by atoms with Crippen molar-refractivity contribution in [3.05, 3.63) is 38.5 Å². The van der Waals surface area contributed by atoms with E-state index < -0.39 is 4.92 Å². The van der Waals surface area contributed by atoms with Crippen molar-refractivity contribution in [3.63, 3.8) is 0 Å². The Morgan fingerprint density at radius 3 is 2.60 bits per heavy atom. The summed E-state index contributed by atoms with van der Waals surface area (Å²) < 4.78 is 1.48. The third-order valence-electron chi connectivity index (χ3n) is 2.95. The Balaban J connectivity index is 2.74. The number of nitrogens with zero attached hydrogens (tertiary/aromatic N) is 5. The number of halogens is 1. The van der Waals surface area contributed by atoms with Crippen molar-refractivity contribution < 1.29 is 4.92 Å². The van der Waals surface area contributed by atoms with Crippen molar-refractivity contribution in [2.45, 2.75) is 33.6 Å². The van der Waals surface area contributed by atoms with Crippen LogP contribution in [0, 0.1) is 17.0 Å². The van der Waals surface area contributed by atoms with Crippen molar-refractivity contribution in [1.82, 2.24) is 19.7 Å². The van der Waals surface area contributed by atoms with Gasteiger partial charge >= 0.3 is 5.69 Å². The number of aromatic nitrogens is 4. The van der Waals surface area contributed by atoms with Crippen LogP contribution in [0.1, 0.15) is 30.9 Å². The van der Waals surface area contributed by atoms with Gasteiger partial charge in [-0.15, -0.1) is 0 Å². The highest BCUT2D eigenvalue weighted by atomic mass is 35.5. The van der Waals surface area contributed by atoms with E-state index >= 15 is 0 Å². The summed E-state index contributed by atoms with van der Waals surface area (Å²) in [5.74, 6) is 0.115. The Kier molecular flexibility index (Phi) is 3.99. The monoisotopic (exact) mass is 295 g/mol. The molecule has 0 N–H and O–H groups in total. The lowest BCUT2D eigenvalue weighted by Gasteiger charge is -2.07. The molecule has 20 heavy (non-hydrogen) atoms. The topological polar surface area (TPSA) is 86.7 Å². The van der Waals surface area contributed by atoms with Gasteiger partial charge < -0.3 is 0 Å². The average Bonchev–Trinajstić information content (AvgIpc) is 2.80. The molecule has 0 unspecified atom stereocenters. The molecule has 0 fully saturated rings. The maximum absolute atomic E-state index is 11.2. The number of aryl methyl sites for hydroxylation is 3. The van der Waals surface area contributed by atoms with Crippen molar-refractivity contribution in [2.24, 2.45) is 0 Å². The fourth-order valence-electron chi connectivity index (χ4n) is 1.96. The molecule has 0 saturated carbocycles. The molecule has 0 saturated heterocycles. The predicted molar refractivity (Wildman–Crippen MR) is 74.3 cm³/mol. The number of nitro groups is 1. The molecule has 0 spiro atoms. The van der Waals surface area contributed by atoms with Crippen molar-refractivity contribution in [1.29, 1.82) is 0 Å². The highest BCUT2D eigenvalue weighted by molar-refractivity contribution is 6.28. The Bertz CT molecular complexity index is 668. The molecule has 0 bridgehead atoms. The third kappa shape index (κ3) is 2.49. The van der Waals surface area contributed by atoms with Crippen LogP contribution in [0.25, 0.3) is 5.82 Å². The third-order valence-corrected chi connectivity index (χ3v) is 3.12. The first-order valence-electron chi connectivity index (χ1n) is 6.24. The molecular formula is C12H14ClN5O2. The van der Waals surface area contributed by atoms with E-state index in [1.165, 1.54) is 11.6 Å². The molecule has 7 nitrogen and oxygen atoms in total. The normalized spacial score (nSPS) is 10.8. The minimum Gasteiger partial charge on any atom is -0.258 e. The fourth-order valence-corrected chi connectivity index (χ4v) is 2.17. The predicted octanol–water partition coefficient (Wildman–Crippen LogP) is 2.66. The molecule has 0 aliphatic carbocycles. The Labute approximate surface area is 120 Å². The van der Waals surface area contributed by atoms with E-state index in [0.717, 1.165) is 17.8 Å². The molecule has 0 aliphatic heterocycles. The standard InChI is InChI=1S/C12H14ClN5O2/c1-4-8-6-9(5-2)17(16-8)11-10(18(19)20)7(3)14-12(13)15-11/h6H,4-5H2,1-3H3. The summed E-state index contributed by atoms with van der Waals surface area (Å²) in [6, 6.07) is 1.91. The summed E-state index contributed by atoms with van der Waals surface area (Å²) in [7, 11) is 0. The minimum absolute atomic E-state index is 0.0290. The van der Waals surface area contributed by atoms with Gasteiger partial charge in [-0.3, -0.25) is 10.1 Å². The highest BCUT2D eigenvalue weighted by Gasteiger charge is 2.25. The van der Waals surface area contributed by atoms with Crippen molar-refractivity contribution in [2.75, 3.05) is 0 Å². The van der Waals surface area contributed by atoms with Crippen molar-refractivity contribution >= 4 is 17.3 Å². The van der Waals surface area contributed by atoms with E-state index in [4.69, 9.17) is 11.6 Å². The fraction of sp³-hybridized carbons (Fsp3) is 0.417. The lowest BCUT2D eigenvalue weighted by molar-refractivity contribution is -0.385. The van der Waals surface area contributed by atoms with Gasteiger partial charge in [0.15, 0.2) is 0 Å². The van der Waals surface area contributed by atoms with Crippen LogP contribution in [0.5, 0.6) is 0 Å². The summed E-state index contributed by atoms with van der Waals surface area (Å²) in [6.45, 7) is 5.46. The van der Waals surface area contributed by atoms with Crippen LogP contribution in [-0.2, 0) is 12.8 Å². The van der Waals surface area contributed by atoms with Crippen LogP contribution in [0.2, 0.25) is 5.28 Å². The zero-order valence-corrected chi connectivity index (χ0v) is 12.2. The van der Waals surface area contributed by atoms with Crippen LogP contribution in [0.3, 0.4) is 0 Å². The second-order valence-corrected chi connectivity index (χ2v) is 4.59. The molecule has 2 rings (SSSR count). The summed E-state index contributed by atoms with van der Waals surface area (Å²) in [6.07, 6.45) is 1.43. The lowest BCUT2D eigenvalue weighted by atomic mass is 10.2. The molecule has 0 radical (unpaired) electrons. The zero-order valence-electron chi connectivity index (χ0n) is 11.4. The van der Waals surface area contributed by atoms with Gasteiger partial charge in [-0.25, -0.2) is 9.67 Å². The SMILES string of the molecule is CCc1cc(CC)n(-c2nc(Cl)nc(C)c2[N+](=O)[O-])n1. The average molecular weight is 296 g/mol. The lowest BCUT2D eigenvalue weighted by Crippen LogP contribution is -2.10. The first-order valence-corrected chi connectivity index (χ1v) is 6.62. The van der Waals surface area contributed by atoms with Gasteiger partial charge in [0.2, 0.25) is 11.1 Å². The zero-order chi connectivity index (χ0) is 14.9. The molecule has 2 aromatic heterocycles. The maximum Gasteiger partial charge on any atom is 0.334 e. The molecule has 106 valence electrons. The van der Waals surface area contributed by atoms with Gasteiger partial charge in [0.25, 0.3) is 0 Å². The van der Waals surface area contributed by atoms with E-state index in [2.05, 4.69) is 15.1 Å². The van der Waals surface area contributed by atoms with Crippen LogP contribution in [0.15, 0.2) is 6.07 Å². The molecule has 2 heterocycles. The first kappa shape index (κ1) is 14.4. The smallest absolute Gasteiger partial charge is 0.258 e. The quantitative estimate of drug-likeness (QED) is 0.491. The molecule has 0 atom stereocenters. The molecule has 2 aromatic rings. The summed E-state index contributed by atoms with van der Waals surface area (Å²) in [5, 5.41) is 15.6. The van der Waals surface area contributed by atoms with Crippen LogP contribution in [-0.4, -0.2) is 24.7 Å². The summed E-state index contributed by atoms with van der Waals surface area (Å²) >= 11 is 5.83. The Morgan fingerprint density at radius 1 is 1.35 bits per heavy atom. The highest BCUT2D eigenvalue weighted by Crippen LogP contribution is 2.26. The minimum atomic E-state index is -0.506. The molecular weight excluding hydrogens is 282 g/mol.